The highest BCUT2D eigenvalue weighted by Crippen LogP contribution is 2.33. The van der Waals surface area contributed by atoms with Gasteiger partial charge in [-0.15, -0.1) is 11.3 Å². The van der Waals surface area contributed by atoms with Crippen molar-refractivity contribution in [2.75, 3.05) is 23.9 Å². The first-order valence-electron chi connectivity index (χ1n) is 8.10. The molecule has 0 radical (unpaired) electrons. The summed E-state index contributed by atoms with van der Waals surface area (Å²) in [7, 11) is 0. The quantitative estimate of drug-likeness (QED) is 0.600. The first kappa shape index (κ1) is 18.6. The van der Waals surface area contributed by atoms with Gasteiger partial charge in [0.25, 0.3) is 5.91 Å². The van der Waals surface area contributed by atoms with Gasteiger partial charge in [0.1, 0.15) is 22.8 Å². The molecule has 0 bridgehead atoms. The van der Waals surface area contributed by atoms with Crippen LogP contribution in [0.2, 0.25) is 0 Å². The molecule has 1 aromatic carbocycles. The maximum absolute atomic E-state index is 13.8. The van der Waals surface area contributed by atoms with Crippen LogP contribution < -0.4 is 10.6 Å². The Morgan fingerprint density at radius 1 is 1.31 bits per heavy atom. The summed E-state index contributed by atoms with van der Waals surface area (Å²) in [5.41, 5.74) is 1.39. The molecule has 0 unspecified atom stereocenters. The number of nitrogens with one attached hydrogen (secondary N) is 2. The van der Waals surface area contributed by atoms with Crippen LogP contribution in [0.3, 0.4) is 0 Å². The molecule has 0 aliphatic rings. The van der Waals surface area contributed by atoms with Crippen LogP contribution in [0.15, 0.2) is 30.6 Å². The minimum Gasteiger partial charge on any atom is -0.365 e. The minimum atomic E-state index is -0.263. The van der Waals surface area contributed by atoms with Crippen molar-refractivity contribution in [3.8, 4) is 0 Å². The lowest BCUT2D eigenvalue weighted by Crippen LogP contribution is -2.25. The number of aryl methyl sites for hydroxylation is 1. The Morgan fingerprint density at radius 3 is 2.88 bits per heavy atom. The molecule has 0 saturated heterocycles. The lowest BCUT2D eigenvalue weighted by atomic mass is 10.2. The normalized spacial score (nSPS) is 10.9. The van der Waals surface area contributed by atoms with Crippen LogP contribution in [-0.4, -0.2) is 34.4 Å². The van der Waals surface area contributed by atoms with Crippen LogP contribution in [0.25, 0.3) is 10.2 Å². The number of hydrogen-bond donors (Lipinski definition) is 2. The van der Waals surface area contributed by atoms with Gasteiger partial charge in [0.2, 0.25) is 0 Å². The van der Waals surface area contributed by atoms with Gasteiger partial charge in [0, 0.05) is 24.4 Å². The summed E-state index contributed by atoms with van der Waals surface area (Å²) in [6.45, 7) is 2.82. The molecule has 3 aromatic rings. The van der Waals surface area contributed by atoms with Crippen molar-refractivity contribution in [1.29, 1.82) is 0 Å². The van der Waals surface area contributed by atoms with Gasteiger partial charge in [-0.2, -0.15) is 11.8 Å². The monoisotopic (exact) mass is 390 g/mol. The van der Waals surface area contributed by atoms with Gasteiger partial charge in [-0.05, 0) is 24.8 Å². The van der Waals surface area contributed by atoms with E-state index in [-0.39, 0.29) is 11.7 Å². The fourth-order valence-corrected chi connectivity index (χ4v) is 3.96. The van der Waals surface area contributed by atoms with E-state index < -0.39 is 0 Å². The van der Waals surface area contributed by atoms with Crippen molar-refractivity contribution < 1.29 is 9.18 Å². The highest BCUT2D eigenvalue weighted by Gasteiger charge is 2.19. The van der Waals surface area contributed by atoms with Crippen LogP contribution in [0.4, 0.5) is 10.2 Å². The third kappa shape index (κ3) is 3.96. The van der Waals surface area contributed by atoms with Gasteiger partial charge in [-0.25, -0.2) is 14.4 Å². The van der Waals surface area contributed by atoms with E-state index in [9.17, 15) is 9.18 Å². The Kier molecular flexibility index (Phi) is 6.05. The van der Waals surface area contributed by atoms with E-state index in [0.29, 0.717) is 29.3 Å². The molecule has 3 rings (SSSR count). The highest BCUT2D eigenvalue weighted by molar-refractivity contribution is 7.98. The van der Waals surface area contributed by atoms with E-state index in [2.05, 4.69) is 20.6 Å². The molecule has 0 aliphatic heterocycles. The smallest absolute Gasteiger partial charge is 0.261 e. The predicted molar refractivity (Wildman–Crippen MR) is 107 cm³/mol. The first-order valence-corrected chi connectivity index (χ1v) is 10.3. The van der Waals surface area contributed by atoms with Crippen LogP contribution in [0, 0.1) is 12.7 Å². The number of carbonyl (C=O) groups excluding carboxylic acids is 1. The lowest BCUT2D eigenvalue weighted by molar-refractivity contribution is 0.0960. The molecule has 2 heterocycles. The molecule has 136 valence electrons. The Hall–Kier alpha value is -2.19. The fourth-order valence-electron chi connectivity index (χ4n) is 2.59. The molecule has 0 aliphatic carbocycles. The lowest BCUT2D eigenvalue weighted by Gasteiger charge is -2.08. The van der Waals surface area contributed by atoms with Crippen molar-refractivity contribution in [3.63, 3.8) is 0 Å². The zero-order chi connectivity index (χ0) is 18.5. The van der Waals surface area contributed by atoms with E-state index in [4.69, 9.17) is 0 Å². The third-order valence-electron chi connectivity index (χ3n) is 3.93. The summed E-state index contributed by atoms with van der Waals surface area (Å²) in [4.78, 5) is 22.4. The number of halogens is 1. The summed E-state index contributed by atoms with van der Waals surface area (Å²) in [6.07, 6.45) is 3.46. The summed E-state index contributed by atoms with van der Waals surface area (Å²) in [5.74, 6) is 1.11. The number of rotatable bonds is 7. The fraction of sp³-hybridized carbons (Fsp3) is 0.278. The molecule has 0 saturated carbocycles. The van der Waals surface area contributed by atoms with Gasteiger partial charge in [0.05, 0.1) is 10.3 Å². The van der Waals surface area contributed by atoms with Crippen molar-refractivity contribution in [1.82, 2.24) is 15.3 Å². The van der Waals surface area contributed by atoms with Crippen LogP contribution in [0.5, 0.6) is 0 Å². The molecule has 5 nitrogen and oxygen atoms in total. The topological polar surface area (TPSA) is 66.9 Å². The molecule has 26 heavy (non-hydrogen) atoms. The number of anilines is 1. The number of thioether (sulfide) groups is 1. The second-order valence-electron chi connectivity index (χ2n) is 5.65. The zero-order valence-corrected chi connectivity index (χ0v) is 16.1. The minimum absolute atomic E-state index is 0.0976. The molecular weight excluding hydrogens is 371 g/mol. The molecule has 0 spiro atoms. The third-order valence-corrected chi connectivity index (χ3v) is 5.74. The molecule has 8 heteroatoms. The number of carbonyl (C=O) groups is 1. The standard InChI is InChI=1S/C18H19FN4OS2/c1-11-14-16(21-9-12-5-3-4-6-13(12)19)22-10-23-18(14)26-15(11)17(24)20-7-8-25-2/h3-6,10H,7-9H2,1-2H3,(H,20,24)(H,21,22,23). The Balaban J connectivity index is 1.85. The Labute approximate surface area is 159 Å². The van der Waals surface area contributed by atoms with E-state index in [0.717, 1.165) is 21.5 Å². The number of fused-ring (bicyclic) bond motifs is 1. The largest absolute Gasteiger partial charge is 0.365 e. The number of hydrogen-bond acceptors (Lipinski definition) is 6. The van der Waals surface area contributed by atoms with E-state index in [1.807, 2.05) is 13.2 Å². The average Bonchev–Trinajstić information content (AvgIpc) is 2.99. The zero-order valence-electron chi connectivity index (χ0n) is 14.5. The van der Waals surface area contributed by atoms with E-state index in [1.165, 1.54) is 23.7 Å². The molecule has 2 N–H and O–H groups in total. The number of aromatic nitrogens is 2. The van der Waals surface area contributed by atoms with Gasteiger partial charge in [-0.1, -0.05) is 18.2 Å². The SMILES string of the molecule is CSCCNC(=O)c1sc2ncnc(NCc3ccccc3F)c2c1C. The number of nitrogens with zero attached hydrogens (tertiary/aromatic N) is 2. The van der Waals surface area contributed by atoms with Crippen LogP contribution in [-0.2, 0) is 6.54 Å². The van der Waals surface area contributed by atoms with Gasteiger partial charge in [-0.3, -0.25) is 4.79 Å². The van der Waals surface area contributed by atoms with E-state index in [1.54, 1.807) is 30.0 Å². The second-order valence-corrected chi connectivity index (χ2v) is 7.64. The maximum atomic E-state index is 13.8. The maximum Gasteiger partial charge on any atom is 0.261 e. The van der Waals surface area contributed by atoms with Crippen molar-refractivity contribution in [3.05, 3.63) is 52.4 Å². The van der Waals surface area contributed by atoms with Crippen molar-refractivity contribution in [2.24, 2.45) is 0 Å². The van der Waals surface area contributed by atoms with Gasteiger partial charge in [0.15, 0.2) is 0 Å². The molecule has 0 fully saturated rings. The number of benzene rings is 1. The summed E-state index contributed by atoms with van der Waals surface area (Å²) in [5, 5.41) is 6.90. The molecular formula is C18H19FN4OS2. The Bertz CT molecular complexity index is 929. The second kappa shape index (κ2) is 8.46. The number of amides is 1. The van der Waals surface area contributed by atoms with Crippen LogP contribution >= 0.6 is 23.1 Å². The molecule has 1 amide bonds. The summed E-state index contributed by atoms with van der Waals surface area (Å²) >= 11 is 3.03. The molecule has 0 atom stereocenters. The predicted octanol–water partition coefficient (Wildman–Crippen LogP) is 3.84. The summed E-state index contributed by atoms with van der Waals surface area (Å²) < 4.78 is 13.8. The van der Waals surface area contributed by atoms with Crippen molar-refractivity contribution in [2.45, 2.75) is 13.5 Å². The summed E-state index contributed by atoms with van der Waals surface area (Å²) in [6, 6.07) is 6.61. The van der Waals surface area contributed by atoms with E-state index >= 15 is 0 Å². The highest BCUT2D eigenvalue weighted by atomic mass is 32.2. The number of thiophene rings is 1. The van der Waals surface area contributed by atoms with Crippen molar-refractivity contribution >= 4 is 45.0 Å². The Morgan fingerprint density at radius 2 is 2.12 bits per heavy atom. The first-order chi connectivity index (χ1) is 12.6. The average molecular weight is 391 g/mol. The van der Waals surface area contributed by atoms with Gasteiger partial charge < -0.3 is 10.6 Å². The molecule has 2 aromatic heterocycles. The van der Waals surface area contributed by atoms with Crippen LogP contribution in [0.1, 0.15) is 20.8 Å². The van der Waals surface area contributed by atoms with Gasteiger partial charge >= 0.3 is 0 Å².